The number of nitrogens with one attached hydrogen (secondary N) is 2. The van der Waals surface area contributed by atoms with Crippen molar-refractivity contribution in [2.45, 2.75) is 93.6 Å². The fraction of sp³-hybridized carbons (Fsp3) is 1.00. The van der Waals surface area contributed by atoms with Crippen LogP contribution in [0.3, 0.4) is 0 Å². The molecule has 0 amide bonds. The maximum Gasteiger partial charge on any atom is 1.00 e. The molecule has 0 aliphatic rings. The Hall–Kier alpha value is 2.81. The van der Waals surface area contributed by atoms with Crippen LogP contribution in [-0.2, 0) is 63.4 Å². The Labute approximate surface area is 476 Å². The van der Waals surface area contributed by atoms with Crippen LogP contribution < -0.4 is 133 Å². The molecule has 0 aliphatic heterocycles. The van der Waals surface area contributed by atoms with Gasteiger partial charge < -0.3 is 24.6 Å². The number of rotatable bonds is 4. The zero-order valence-electron chi connectivity index (χ0n) is 36.3. The first-order valence-corrected chi connectivity index (χ1v) is 30.7. The normalized spacial score (nSPS) is 11.9. The molecule has 0 saturated carbocycles. The van der Waals surface area contributed by atoms with Crippen LogP contribution in [0.5, 0.6) is 0 Å². The molecular formula is C16H35ClF19N5Na4O13S6Si3. The Morgan fingerprint density at radius 2 is 0.672 bits per heavy atom. The quantitative estimate of drug-likeness (QED) is 0.115. The molecule has 0 aromatic rings. The molecule has 0 aromatic heterocycles. The van der Waals surface area contributed by atoms with E-state index < -0.39 is 123 Å². The maximum absolute atomic E-state index is 11.7. The van der Waals surface area contributed by atoms with Gasteiger partial charge in [0.15, 0.2) is 20.0 Å². The van der Waals surface area contributed by atoms with Crippen LogP contribution in [0.2, 0.25) is 58.9 Å². The molecule has 0 atom stereocenters. The monoisotopic (exact) mass is 1270 g/mol. The average Bonchev–Trinajstić information content (AvgIpc) is 2.83. The van der Waals surface area contributed by atoms with Gasteiger partial charge in [0.25, 0.3) is 0 Å². The molecule has 0 spiro atoms. The third-order valence-corrected chi connectivity index (χ3v) is 14.1. The van der Waals surface area contributed by atoms with E-state index in [0.29, 0.717) is 5.32 Å². The number of primary sulfonamides is 1. The summed E-state index contributed by atoms with van der Waals surface area (Å²) in [6, 6.07) is 0. The van der Waals surface area contributed by atoms with Crippen molar-refractivity contribution in [2.75, 3.05) is 7.11 Å². The number of nitrogens with two attached hydrogens (primary N) is 1. The number of sulfonamides is 3. The van der Waals surface area contributed by atoms with E-state index in [9.17, 15) is 108 Å². The summed E-state index contributed by atoms with van der Waals surface area (Å²) in [6.45, 7) is 18.4. The second-order valence-corrected chi connectivity index (χ2v) is 32.9. The van der Waals surface area contributed by atoms with Crippen molar-refractivity contribution in [2.24, 2.45) is 5.14 Å². The SMILES string of the molecule is C[O-].C[Si](C)(C)N[Si](C)(C)C.C[Si](C)(C)[N-]S(=O)(=O)C(F)(F)F.Cl.FC(F)(F)[N-]C(F)(F)F.NS(=O)(=O)C(F)(F)F.O=S(=O)(F)C(F)(F)F.O=S=O.O=S=O.[NH-]S(=O)(=O)C(F)(F)F.[Na+].[Na+].[Na+].[Na+]. The Balaban J connectivity index is -0.0000000402. The molecule has 0 rings (SSSR count). The Kier molecular flexibility index (Phi) is 68.1. The third kappa shape index (κ3) is 95.2. The molecule has 67 heavy (non-hydrogen) atoms. The summed E-state index contributed by atoms with van der Waals surface area (Å²) in [5, 5.41) is 17.9. The standard InChI is InChI=1S/C6H19NSi2.C4H9F3NO2SSi.C2F6N.CF4O2S.CH2F3NO2S.CHF3NO2S.CH3O.ClH.4Na.2O2S/c1-8(2,3)7-9(4,5)6;1-12(2,3)8-11(9,10)4(5,6)7;3-1(4,5)9-2(6,7)8;3*2-1(3,4)8(5,6)7;1-2;;;;;;2*1-3-2/h7H,1-6H3;1-3H3;;;(H2,5,6,7);(H-,5,6,7);1H3;1H;;;;;;/q;2*-1;;;2*-1;;4*+1;;. The van der Waals surface area contributed by atoms with Gasteiger partial charge in [-0.1, -0.05) is 71.0 Å². The molecule has 18 nitrogen and oxygen atoms in total. The molecule has 0 unspecified atom stereocenters. The first kappa shape index (κ1) is 106. The van der Waals surface area contributed by atoms with Crippen molar-refractivity contribution < 1.29 is 257 Å². The Bertz CT molecular complexity index is 1610. The summed E-state index contributed by atoms with van der Waals surface area (Å²) >= 11 is -1.50. The van der Waals surface area contributed by atoms with Gasteiger partial charge >= 0.3 is 196 Å². The molecule has 0 fully saturated rings. The number of hydrogen-bond donors (Lipinski definition) is 2. The molecule has 0 heterocycles. The molecular weight excluding hydrogens is 1240 g/mol. The summed E-state index contributed by atoms with van der Waals surface area (Å²) in [6.07, 6.45) is -11.0. The van der Waals surface area contributed by atoms with Crippen LogP contribution in [0.25, 0.3) is 14.8 Å². The zero-order valence-corrected chi connectivity index (χ0v) is 53.0. The van der Waals surface area contributed by atoms with E-state index in [0.717, 1.165) is 7.11 Å². The zero-order chi connectivity index (χ0) is 54.0. The summed E-state index contributed by atoms with van der Waals surface area (Å²) in [7, 11) is -26.3. The molecule has 51 heteroatoms. The number of halogens is 20. The van der Waals surface area contributed by atoms with Crippen LogP contribution in [0, 0.1) is 0 Å². The van der Waals surface area contributed by atoms with E-state index >= 15 is 0 Å². The van der Waals surface area contributed by atoms with Gasteiger partial charge in [0, 0.05) is 0 Å². The van der Waals surface area contributed by atoms with E-state index in [1.54, 1.807) is 0 Å². The largest absolute Gasteiger partial charge is 1.00 e. The minimum Gasteiger partial charge on any atom is -0.857 e. The van der Waals surface area contributed by atoms with Crippen LogP contribution in [0.15, 0.2) is 0 Å². The Morgan fingerprint density at radius 3 is 0.687 bits per heavy atom. The topological polar surface area (TPSA) is 318 Å². The van der Waals surface area contributed by atoms with Crippen molar-refractivity contribution in [1.82, 2.24) is 4.65 Å². The number of nitrogens with zero attached hydrogens (tertiary/aromatic N) is 2. The summed E-state index contributed by atoms with van der Waals surface area (Å²) in [5.41, 5.74) is -21.7. The summed E-state index contributed by atoms with van der Waals surface area (Å²) < 4.78 is 322. The number of alkyl halides is 18. The predicted octanol–water partition coefficient (Wildman–Crippen LogP) is -5.75. The van der Waals surface area contributed by atoms with E-state index in [4.69, 9.17) is 35.5 Å². The molecule has 4 N–H and O–H groups in total. The Morgan fingerprint density at radius 1 is 0.507 bits per heavy atom. The van der Waals surface area contributed by atoms with Gasteiger partial charge in [0.2, 0.25) is 0 Å². The van der Waals surface area contributed by atoms with Crippen molar-refractivity contribution in [1.29, 1.82) is 0 Å². The predicted molar refractivity (Wildman–Crippen MR) is 193 cm³/mol. The van der Waals surface area contributed by atoms with Gasteiger partial charge in [0.1, 0.15) is 16.5 Å². The second kappa shape index (κ2) is 43.0. The van der Waals surface area contributed by atoms with E-state index in [-0.39, 0.29) is 131 Å². The second-order valence-electron chi connectivity index (χ2n) is 11.8. The van der Waals surface area contributed by atoms with Crippen molar-refractivity contribution in [3.05, 3.63) is 14.8 Å². The smallest absolute Gasteiger partial charge is 0.857 e. The van der Waals surface area contributed by atoms with Crippen LogP contribution >= 0.6 is 12.4 Å². The van der Waals surface area contributed by atoms with E-state index in [1.165, 1.54) is 19.6 Å². The van der Waals surface area contributed by atoms with Gasteiger partial charge in [-0.2, -0.15) is 111 Å². The van der Waals surface area contributed by atoms with Crippen molar-refractivity contribution in [3.8, 4) is 0 Å². The van der Waals surface area contributed by atoms with Crippen LogP contribution in [0.4, 0.5) is 82.9 Å². The van der Waals surface area contributed by atoms with Crippen LogP contribution in [0.1, 0.15) is 0 Å². The van der Waals surface area contributed by atoms with Gasteiger partial charge in [-0.3, -0.25) is 0 Å². The molecule has 0 saturated heterocycles. The van der Waals surface area contributed by atoms with Gasteiger partial charge in [-0.05, 0) is 0 Å². The fourth-order valence-corrected chi connectivity index (χ4v) is 14.0. The summed E-state index contributed by atoms with van der Waals surface area (Å²) in [4.78, 5) is 0. The van der Waals surface area contributed by atoms with E-state index in [1.807, 2.05) is 0 Å². The first-order valence-electron chi connectivity index (χ1n) is 13.1. The maximum atomic E-state index is 11.7. The van der Waals surface area contributed by atoms with E-state index in [2.05, 4.69) is 53.5 Å². The molecule has 0 aliphatic carbocycles. The molecule has 0 radical (unpaired) electrons. The van der Waals surface area contributed by atoms with Gasteiger partial charge in [0.05, 0.1) is 0 Å². The molecule has 394 valence electrons. The van der Waals surface area contributed by atoms with Crippen LogP contribution in [-0.4, -0.2) is 117 Å². The minimum atomic E-state index is -6.34. The summed E-state index contributed by atoms with van der Waals surface area (Å²) in [5.74, 6) is 0. The molecule has 0 aromatic carbocycles. The average molecular weight is 1270 g/mol. The fourth-order valence-electron chi connectivity index (χ4n) is 1.68. The van der Waals surface area contributed by atoms with Gasteiger partial charge in [-0.15, -0.1) is 12.4 Å². The third-order valence-electron chi connectivity index (χ3n) is 2.59. The van der Waals surface area contributed by atoms with Gasteiger partial charge in [-0.25, -0.2) is 30.4 Å². The molecule has 0 bridgehead atoms. The minimum absolute atomic E-state index is 0. The first-order chi connectivity index (χ1) is 25.9. The van der Waals surface area contributed by atoms with Crippen molar-refractivity contribution in [3.63, 3.8) is 0 Å². The van der Waals surface area contributed by atoms with Crippen molar-refractivity contribution >= 4 is 101 Å². The number of hydrogen-bond acceptors (Lipinski definition) is 14.